The number of rotatable bonds is 5. The molecule has 1 aromatic heterocycles. The van der Waals surface area contributed by atoms with Crippen molar-refractivity contribution in [2.24, 2.45) is 0 Å². The summed E-state index contributed by atoms with van der Waals surface area (Å²) in [5, 5.41) is 0. The summed E-state index contributed by atoms with van der Waals surface area (Å²) in [5.74, 6) is -0.332. The standard InChI is InChI=1S/C25H27N3O2/c1-6-17-15-22-23(26-16-17)25(30-24(22)29,18-7-11-20(12-8-18)27(2)3)19-9-13-21(14-10-19)28(4)5/h7-16H,6H2,1-5H3. The van der Waals surface area contributed by atoms with Gasteiger partial charge in [0, 0.05) is 56.9 Å². The quantitative estimate of drug-likeness (QED) is 0.599. The number of aryl methyl sites for hydroxylation is 1. The highest BCUT2D eigenvalue weighted by Crippen LogP contribution is 2.46. The van der Waals surface area contributed by atoms with E-state index >= 15 is 0 Å². The topological polar surface area (TPSA) is 45.7 Å². The SMILES string of the molecule is CCc1cnc2c(c1)C(=O)OC2(c1ccc(N(C)C)cc1)c1ccc(N(C)C)cc1. The summed E-state index contributed by atoms with van der Waals surface area (Å²) >= 11 is 0. The van der Waals surface area contributed by atoms with Crippen molar-refractivity contribution in [2.75, 3.05) is 38.0 Å². The summed E-state index contributed by atoms with van der Waals surface area (Å²) in [6.07, 6.45) is 2.66. The highest BCUT2D eigenvalue weighted by atomic mass is 16.6. The van der Waals surface area contributed by atoms with Crippen LogP contribution in [0.25, 0.3) is 0 Å². The van der Waals surface area contributed by atoms with E-state index in [-0.39, 0.29) is 5.97 Å². The lowest BCUT2D eigenvalue weighted by Crippen LogP contribution is -2.30. The van der Waals surface area contributed by atoms with Gasteiger partial charge in [-0.15, -0.1) is 0 Å². The van der Waals surface area contributed by atoms with Crippen molar-refractivity contribution in [2.45, 2.75) is 18.9 Å². The Labute approximate surface area is 177 Å². The normalized spacial score (nSPS) is 14.2. The van der Waals surface area contributed by atoms with Gasteiger partial charge >= 0.3 is 5.97 Å². The molecule has 1 aliphatic rings. The maximum Gasteiger partial charge on any atom is 0.341 e. The average Bonchev–Trinajstić information content (AvgIpc) is 3.06. The molecule has 0 spiro atoms. The monoisotopic (exact) mass is 401 g/mol. The second-order valence-corrected chi connectivity index (χ2v) is 8.05. The fourth-order valence-electron chi connectivity index (χ4n) is 3.93. The van der Waals surface area contributed by atoms with Gasteiger partial charge in [0.15, 0.2) is 0 Å². The van der Waals surface area contributed by atoms with E-state index in [1.807, 2.05) is 98.8 Å². The summed E-state index contributed by atoms with van der Waals surface area (Å²) in [7, 11) is 8.01. The maximum absolute atomic E-state index is 13.0. The molecule has 0 bridgehead atoms. The fraction of sp³-hybridized carbons (Fsp3) is 0.280. The number of hydrogen-bond donors (Lipinski definition) is 0. The van der Waals surface area contributed by atoms with E-state index in [0.717, 1.165) is 34.5 Å². The molecule has 1 aliphatic heterocycles. The zero-order valence-corrected chi connectivity index (χ0v) is 18.1. The number of pyridine rings is 1. The number of fused-ring (bicyclic) bond motifs is 1. The molecule has 4 rings (SSSR count). The Balaban J connectivity index is 1.94. The molecule has 5 nitrogen and oxygen atoms in total. The minimum absolute atomic E-state index is 0.332. The number of esters is 1. The van der Waals surface area contributed by atoms with Crippen molar-refractivity contribution < 1.29 is 9.53 Å². The van der Waals surface area contributed by atoms with Crippen LogP contribution >= 0.6 is 0 Å². The third-order valence-electron chi connectivity index (χ3n) is 5.73. The van der Waals surface area contributed by atoms with Crippen molar-refractivity contribution in [1.82, 2.24) is 4.98 Å². The second kappa shape index (κ2) is 7.48. The molecular formula is C25H27N3O2. The molecule has 3 aromatic rings. The van der Waals surface area contributed by atoms with Gasteiger partial charge in [0.1, 0.15) is 5.69 Å². The molecule has 5 heteroatoms. The average molecular weight is 402 g/mol. The summed E-state index contributed by atoms with van der Waals surface area (Å²) in [4.78, 5) is 21.8. The zero-order chi connectivity index (χ0) is 21.5. The predicted octanol–water partition coefficient (Wildman–Crippen LogP) is 4.24. The van der Waals surface area contributed by atoms with Gasteiger partial charge in [0.2, 0.25) is 5.60 Å². The van der Waals surface area contributed by atoms with E-state index in [1.54, 1.807) is 0 Å². The fourth-order valence-corrected chi connectivity index (χ4v) is 3.93. The minimum atomic E-state index is -1.06. The van der Waals surface area contributed by atoms with E-state index in [4.69, 9.17) is 9.72 Å². The van der Waals surface area contributed by atoms with Crippen molar-refractivity contribution in [1.29, 1.82) is 0 Å². The van der Waals surface area contributed by atoms with E-state index in [9.17, 15) is 4.79 Å². The van der Waals surface area contributed by atoms with E-state index < -0.39 is 5.60 Å². The molecule has 0 fully saturated rings. The number of cyclic esters (lactones) is 1. The third-order valence-corrected chi connectivity index (χ3v) is 5.73. The van der Waals surface area contributed by atoms with Crippen LogP contribution in [0.3, 0.4) is 0 Å². The van der Waals surface area contributed by atoms with Crippen LogP contribution in [0.15, 0.2) is 60.8 Å². The maximum atomic E-state index is 13.0. The Kier molecular flexibility index (Phi) is 4.98. The van der Waals surface area contributed by atoms with E-state index in [2.05, 4.69) is 6.92 Å². The van der Waals surface area contributed by atoms with Gasteiger partial charge in [-0.05, 0) is 42.3 Å². The number of hydrogen-bond acceptors (Lipinski definition) is 5. The van der Waals surface area contributed by atoms with Crippen LogP contribution in [-0.4, -0.2) is 39.1 Å². The first-order valence-electron chi connectivity index (χ1n) is 10.1. The van der Waals surface area contributed by atoms with Crippen molar-refractivity contribution in [3.05, 3.63) is 88.7 Å². The molecule has 0 N–H and O–H groups in total. The van der Waals surface area contributed by atoms with Gasteiger partial charge in [-0.3, -0.25) is 4.98 Å². The lowest BCUT2D eigenvalue weighted by atomic mass is 9.82. The number of ether oxygens (including phenoxy) is 1. The van der Waals surface area contributed by atoms with Crippen LogP contribution in [0.4, 0.5) is 11.4 Å². The van der Waals surface area contributed by atoms with Crippen LogP contribution in [0.1, 0.15) is 39.7 Å². The molecule has 0 amide bonds. The Hall–Kier alpha value is -3.34. The molecule has 2 heterocycles. The van der Waals surface area contributed by atoms with Gasteiger partial charge < -0.3 is 14.5 Å². The highest BCUT2D eigenvalue weighted by Gasteiger charge is 2.50. The Bertz CT molecular complexity index is 1020. The molecule has 2 aromatic carbocycles. The number of carbonyl (C=O) groups excluding carboxylic acids is 1. The number of anilines is 2. The zero-order valence-electron chi connectivity index (χ0n) is 18.1. The number of nitrogens with zero attached hydrogens (tertiary/aromatic N) is 3. The molecule has 30 heavy (non-hydrogen) atoms. The molecule has 154 valence electrons. The van der Waals surface area contributed by atoms with Crippen LogP contribution in [0, 0.1) is 0 Å². The first-order chi connectivity index (χ1) is 14.4. The first-order valence-corrected chi connectivity index (χ1v) is 10.1. The molecule has 0 saturated carbocycles. The number of aromatic nitrogens is 1. The first kappa shape index (κ1) is 20.0. The van der Waals surface area contributed by atoms with Crippen LogP contribution in [0.5, 0.6) is 0 Å². The van der Waals surface area contributed by atoms with Gasteiger partial charge in [0.25, 0.3) is 0 Å². The lowest BCUT2D eigenvalue weighted by Gasteiger charge is -2.30. The molecule has 0 aliphatic carbocycles. The van der Waals surface area contributed by atoms with Crippen LogP contribution in [0.2, 0.25) is 0 Å². The molecular weight excluding hydrogens is 374 g/mol. The summed E-state index contributed by atoms with van der Waals surface area (Å²) in [5.41, 5.74) is 5.08. The van der Waals surface area contributed by atoms with Gasteiger partial charge in [-0.1, -0.05) is 31.2 Å². The summed E-state index contributed by atoms with van der Waals surface area (Å²) < 4.78 is 6.16. The Morgan fingerprint density at radius 2 is 1.37 bits per heavy atom. The van der Waals surface area contributed by atoms with Gasteiger partial charge in [0.05, 0.1) is 5.56 Å². The minimum Gasteiger partial charge on any atom is -0.439 e. The van der Waals surface area contributed by atoms with Crippen LogP contribution < -0.4 is 9.80 Å². The highest BCUT2D eigenvalue weighted by molar-refractivity contribution is 5.95. The van der Waals surface area contributed by atoms with E-state index in [1.165, 1.54) is 0 Å². The molecule has 0 radical (unpaired) electrons. The molecule has 0 saturated heterocycles. The van der Waals surface area contributed by atoms with E-state index in [0.29, 0.717) is 11.3 Å². The number of benzene rings is 2. The molecule has 0 atom stereocenters. The third kappa shape index (κ3) is 3.11. The van der Waals surface area contributed by atoms with Crippen LogP contribution in [-0.2, 0) is 16.8 Å². The summed E-state index contributed by atoms with van der Waals surface area (Å²) in [6.45, 7) is 2.05. The Morgan fingerprint density at radius 3 is 1.80 bits per heavy atom. The van der Waals surface area contributed by atoms with Gasteiger partial charge in [-0.2, -0.15) is 0 Å². The predicted molar refractivity (Wildman–Crippen MR) is 120 cm³/mol. The molecule has 0 unspecified atom stereocenters. The summed E-state index contributed by atoms with van der Waals surface area (Å²) in [6, 6.07) is 18.2. The van der Waals surface area contributed by atoms with Crippen molar-refractivity contribution in [3.8, 4) is 0 Å². The van der Waals surface area contributed by atoms with Gasteiger partial charge in [-0.25, -0.2) is 4.79 Å². The largest absolute Gasteiger partial charge is 0.439 e. The lowest BCUT2D eigenvalue weighted by molar-refractivity contribution is 0.0243. The number of carbonyl (C=O) groups is 1. The van der Waals surface area contributed by atoms with Crippen molar-refractivity contribution >= 4 is 17.3 Å². The van der Waals surface area contributed by atoms with Crippen molar-refractivity contribution in [3.63, 3.8) is 0 Å². The Morgan fingerprint density at radius 1 is 0.867 bits per heavy atom. The smallest absolute Gasteiger partial charge is 0.341 e. The second-order valence-electron chi connectivity index (χ2n) is 8.05.